The monoisotopic (exact) mass is 1060 g/mol. The number of unbranched alkanes of at least 4 members (excludes halogenated alkanes) is 31. The van der Waals surface area contributed by atoms with Gasteiger partial charge >= 0.3 is 17.9 Å². The van der Waals surface area contributed by atoms with Gasteiger partial charge in [-0.15, -0.1) is 0 Å². The van der Waals surface area contributed by atoms with Crippen LogP contribution >= 0.6 is 0 Å². The highest BCUT2D eigenvalue weighted by Crippen LogP contribution is 2.16. The van der Waals surface area contributed by atoms with Gasteiger partial charge in [-0.05, 0) is 83.5 Å². The lowest BCUT2D eigenvalue weighted by atomic mass is 10.0. The van der Waals surface area contributed by atoms with Crippen molar-refractivity contribution in [1.29, 1.82) is 0 Å². The molecule has 0 rings (SSSR count). The second-order valence-corrected chi connectivity index (χ2v) is 21.3. The van der Waals surface area contributed by atoms with Crippen molar-refractivity contribution in [3.8, 4) is 0 Å². The van der Waals surface area contributed by atoms with Gasteiger partial charge in [0.25, 0.3) is 0 Å². The lowest BCUT2D eigenvalue weighted by Gasteiger charge is -2.18. The predicted octanol–water partition coefficient (Wildman–Crippen LogP) is 22.0. The Kier molecular flexibility index (Phi) is 60.8. The molecule has 0 spiro atoms. The smallest absolute Gasteiger partial charge is 0.306 e. The third-order valence-corrected chi connectivity index (χ3v) is 13.9. The van der Waals surface area contributed by atoms with Crippen LogP contribution in [0.15, 0.2) is 97.2 Å². The van der Waals surface area contributed by atoms with E-state index >= 15 is 0 Å². The number of ether oxygens (including phenoxy) is 3. The Morgan fingerprint density at radius 1 is 0.276 bits per heavy atom. The first-order valence-electron chi connectivity index (χ1n) is 32.2. The normalized spacial score (nSPS) is 12.7. The molecule has 1 unspecified atom stereocenters. The molecular formula is C70H120O6. The molecule has 0 saturated heterocycles. The Balaban J connectivity index is 4.19. The molecule has 0 aromatic rings. The zero-order valence-corrected chi connectivity index (χ0v) is 50.0. The van der Waals surface area contributed by atoms with Crippen molar-refractivity contribution in [2.24, 2.45) is 0 Å². The van der Waals surface area contributed by atoms with Gasteiger partial charge in [-0.25, -0.2) is 0 Å². The molecular weight excluding hydrogens is 937 g/mol. The van der Waals surface area contributed by atoms with E-state index in [4.69, 9.17) is 14.2 Å². The van der Waals surface area contributed by atoms with Crippen LogP contribution in [0.1, 0.15) is 310 Å². The maximum atomic E-state index is 12.9. The molecule has 1 atom stereocenters. The van der Waals surface area contributed by atoms with Crippen LogP contribution in [0.25, 0.3) is 0 Å². The SMILES string of the molecule is CC/C=C\C/C=C\C/C=C\C/C=C\C/C=C\C/C=C\C/C=C\C/C=C\CCCCCCCCCCC(=O)OCC(COC(=O)CCCCCCCCCCCC)OC(=O)CCCCCCCCCCCCCCCCC. The predicted molar refractivity (Wildman–Crippen MR) is 330 cm³/mol. The van der Waals surface area contributed by atoms with Crippen LogP contribution in [0.3, 0.4) is 0 Å². The second-order valence-electron chi connectivity index (χ2n) is 21.3. The van der Waals surface area contributed by atoms with Crippen LogP contribution in [0, 0.1) is 0 Å². The summed E-state index contributed by atoms with van der Waals surface area (Å²) in [5, 5.41) is 0. The summed E-state index contributed by atoms with van der Waals surface area (Å²) in [4.78, 5) is 38.2. The van der Waals surface area contributed by atoms with Crippen molar-refractivity contribution in [3.05, 3.63) is 97.2 Å². The van der Waals surface area contributed by atoms with Crippen LogP contribution in [0.5, 0.6) is 0 Å². The van der Waals surface area contributed by atoms with Crippen molar-refractivity contribution in [2.45, 2.75) is 316 Å². The first kappa shape index (κ1) is 72.3. The summed E-state index contributed by atoms with van der Waals surface area (Å²) < 4.78 is 16.9. The average Bonchev–Trinajstić information content (AvgIpc) is 3.42. The first-order valence-corrected chi connectivity index (χ1v) is 32.2. The van der Waals surface area contributed by atoms with Gasteiger partial charge in [0.2, 0.25) is 0 Å². The summed E-state index contributed by atoms with van der Waals surface area (Å²) in [6.07, 6.45) is 85.6. The number of hydrogen-bond donors (Lipinski definition) is 0. The van der Waals surface area contributed by atoms with E-state index in [1.807, 2.05) is 0 Å². The Bertz CT molecular complexity index is 1490. The van der Waals surface area contributed by atoms with Crippen molar-refractivity contribution in [2.75, 3.05) is 13.2 Å². The van der Waals surface area contributed by atoms with E-state index in [-0.39, 0.29) is 31.1 Å². The van der Waals surface area contributed by atoms with Crippen LogP contribution < -0.4 is 0 Å². The van der Waals surface area contributed by atoms with Crippen molar-refractivity contribution < 1.29 is 28.6 Å². The Morgan fingerprint density at radius 3 is 0.803 bits per heavy atom. The van der Waals surface area contributed by atoms with Crippen LogP contribution in [-0.4, -0.2) is 37.2 Å². The number of carbonyl (C=O) groups excluding carboxylic acids is 3. The summed E-state index contributed by atoms with van der Waals surface area (Å²) in [5.74, 6) is -0.874. The Morgan fingerprint density at radius 2 is 0.513 bits per heavy atom. The van der Waals surface area contributed by atoms with Gasteiger partial charge in [-0.3, -0.25) is 14.4 Å². The highest BCUT2D eigenvalue weighted by atomic mass is 16.6. The molecule has 0 saturated carbocycles. The van der Waals surface area contributed by atoms with Crippen molar-refractivity contribution >= 4 is 17.9 Å². The molecule has 0 heterocycles. The van der Waals surface area contributed by atoms with Gasteiger partial charge in [0.15, 0.2) is 6.10 Å². The molecule has 0 fully saturated rings. The third kappa shape index (κ3) is 61.2. The van der Waals surface area contributed by atoms with E-state index in [1.165, 1.54) is 154 Å². The van der Waals surface area contributed by atoms with E-state index in [1.54, 1.807) is 0 Å². The largest absolute Gasteiger partial charge is 0.462 e. The van der Waals surface area contributed by atoms with Gasteiger partial charge in [0.05, 0.1) is 0 Å². The maximum absolute atomic E-state index is 12.9. The average molecular weight is 1060 g/mol. The molecule has 436 valence electrons. The van der Waals surface area contributed by atoms with Gasteiger partial charge in [-0.2, -0.15) is 0 Å². The number of esters is 3. The second kappa shape index (κ2) is 63.9. The van der Waals surface area contributed by atoms with E-state index < -0.39 is 6.10 Å². The number of allylic oxidation sites excluding steroid dienone is 16. The molecule has 6 heteroatoms. The molecule has 0 aromatic carbocycles. The van der Waals surface area contributed by atoms with Gasteiger partial charge < -0.3 is 14.2 Å². The zero-order valence-electron chi connectivity index (χ0n) is 50.0. The lowest BCUT2D eigenvalue weighted by Crippen LogP contribution is -2.30. The van der Waals surface area contributed by atoms with Crippen LogP contribution in [0.2, 0.25) is 0 Å². The quantitative estimate of drug-likeness (QED) is 0.0261. The summed E-state index contributed by atoms with van der Waals surface area (Å²) in [6.45, 7) is 6.53. The summed E-state index contributed by atoms with van der Waals surface area (Å²) >= 11 is 0. The molecule has 0 aliphatic heterocycles. The summed E-state index contributed by atoms with van der Waals surface area (Å²) in [5.41, 5.74) is 0. The minimum absolute atomic E-state index is 0.0750. The lowest BCUT2D eigenvalue weighted by molar-refractivity contribution is -0.167. The molecule has 0 radical (unpaired) electrons. The van der Waals surface area contributed by atoms with Crippen molar-refractivity contribution in [1.82, 2.24) is 0 Å². The third-order valence-electron chi connectivity index (χ3n) is 13.9. The number of rotatable bonds is 58. The molecule has 0 aromatic heterocycles. The van der Waals surface area contributed by atoms with E-state index in [0.29, 0.717) is 19.3 Å². The minimum Gasteiger partial charge on any atom is -0.462 e. The van der Waals surface area contributed by atoms with E-state index in [9.17, 15) is 14.4 Å². The molecule has 6 nitrogen and oxygen atoms in total. The highest BCUT2D eigenvalue weighted by Gasteiger charge is 2.19. The van der Waals surface area contributed by atoms with E-state index in [2.05, 4.69) is 118 Å². The topological polar surface area (TPSA) is 78.9 Å². The van der Waals surface area contributed by atoms with Gasteiger partial charge in [0, 0.05) is 19.3 Å². The fourth-order valence-electron chi connectivity index (χ4n) is 9.05. The molecule has 0 aliphatic rings. The molecule has 0 amide bonds. The van der Waals surface area contributed by atoms with Crippen LogP contribution in [-0.2, 0) is 28.6 Å². The first-order chi connectivity index (χ1) is 37.5. The number of carbonyl (C=O) groups is 3. The Labute approximate surface area is 470 Å². The van der Waals surface area contributed by atoms with Gasteiger partial charge in [-0.1, -0.05) is 304 Å². The Hall–Kier alpha value is -3.67. The fourth-order valence-corrected chi connectivity index (χ4v) is 9.05. The zero-order chi connectivity index (χ0) is 55.0. The molecule has 76 heavy (non-hydrogen) atoms. The summed E-state index contributed by atoms with van der Waals surface area (Å²) in [7, 11) is 0. The van der Waals surface area contributed by atoms with Crippen LogP contribution in [0.4, 0.5) is 0 Å². The number of hydrogen-bond acceptors (Lipinski definition) is 6. The van der Waals surface area contributed by atoms with Crippen molar-refractivity contribution in [3.63, 3.8) is 0 Å². The standard InChI is InChI=1S/C70H120O6/c1-4-7-10-13-16-19-22-24-26-27-28-29-30-31-32-33-34-35-36-37-38-39-40-41-42-43-45-46-48-51-54-57-60-63-69(72)75-66-67(65-74-68(71)62-59-56-53-50-21-18-15-12-9-6-3)76-70(73)64-61-58-55-52-49-47-44-25-23-20-17-14-11-8-5-2/h7,10,16,19,24,26,28-29,31-32,34-35,37-38,40-41,67H,4-6,8-9,11-15,17-18,20-23,25,27,30,33,36,39,42-66H2,1-3H3/b10-7-,19-16-,26-24-,29-28-,32-31-,35-34-,38-37-,41-40-. The fraction of sp³-hybridized carbons (Fsp3) is 0.729. The molecule has 0 N–H and O–H groups in total. The van der Waals surface area contributed by atoms with E-state index in [0.717, 1.165) is 116 Å². The minimum atomic E-state index is -0.776. The molecule has 0 bridgehead atoms. The maximum Gasteiger partial charge on any atom is 0.306 e. The highest BCUT2D eigenvalue weighted by molar-refractivity contribution is 5.71. The summed E-state index contributed by atoms with van der Waals surface area (Å²) in [6, 6.07) is 0. The van der Waals surface area contributed by atoms with Gasteiger partial charge in [0.1, 0.15) is 13.2 Å². The molecule has 0 aliphatic carbocycles.